The molecular formula is C21H21FN2O3. The molecule has 2 aromatic carbocycles. The number of nitrogens with one attached hydrogen (secondary N) is 2. The van der Waals surface area contributed by atoms with Crippen molar-refractivity contribution in [3.05, 3.63) is 77.1 Å². The Labute approximate surface area is 157 Å². The fraction of sp³-hybridized carbons (Fsp3) is 0.143. The summed E-state index contributed by atoms with van der Waals surface area (Å²) in [5.41, 5.74) is 4.08. The fourth-order valence-electron chi connectivity index (χ4n) is 2.33. The Morgan fingerprint density at radius 1 is 1.00 bits per heavy atom. The summed E-state index contributed by atoms with van der Waals surface area (Å²) in [5, 5.41) is 11.3. The smallest absolute Gasteiger partial charge is 0.267 e. The molecule has 0 aliphatic carbocycles. The number of benzene rings is 2. The van der Waals surface area contributed by atoms with E-state index in [2.05, 4.69) is 5.32 Å². The van der Waals surface area contributed by atoms with E-state index in [0.717, 1.165) is 11.1 Å². The quantitative estimate of drug-likeness (QED) is 0.316. The topological polar surface area (TPSA) is 78.4 Å². The first-order valence-corrected chi connectivity index (χ1v) is 8.39. The van der Waals surface area contributed by atoms with E-state index in [4.69, 9.17) is 5.21 Å². The van der Waals surface area contributed by atoms with Crippen LogP contribution in [0, 0.1) is 5.82 Å². The van der Waals surface area contributed by atoms with Gasteiger partial charge in [0.15, 0.2) is 0 Å². The lowest BCUT2D eigenvalue weighted by Gasteiger charge is -2.12. The molecule has 27 heavy (non-hydrogen) atoms. The van der Waals surface area contributed by atoms with Gasteiger partial charge in [0.2, 0.25) is 0 Å². The zero-order valence-electron chi connectivity index (χ0n) is 15.1. The lowest BCUT2D eigenvalue weighted by atomic mass is 10.0. The van der Waals surface area contributed by atoms with E-state index < -0.39 is 5.91 Å². The minimum Gasteiger partial charge on any atom is -0.350 e. The van der Waals surface area contributed by atoms with Crippen molar-refractivity contribution in [1.29, 1.82) is 0 Å². The maximum absolute atomic E-state index is 13.2. The lowest BCUT2D eigenvalue weighted by Crippen LogP contribution is -2.30. The summed E-state index contributed by atoms with van der Waals surface area (Å²) in [6.07, 6.45) is 4.47. The minimum absolute atomic E-state index is 0.0356. The Morgan fingerprint density at radius 2 is 1.59 bits per heavy atom. The molecule has 0 aliphatic rings. The van der Waals surface area contributed by atoms with Gasteiger partial charge in [0.05, 0.1) is 0 Å². The number of hydrogen-bond donors (Lipinski definition) is 3. The van der Waals surface area contributed by atoms with Crippen molar-refractivity contribution in [3.8, 4) is 0 Å². The number of rotatable bonds is 6. The Balaban J connectivity index is 2.33. The van der Waals surface area contributed by atoms with Crippen LogP contribution in [0.25, 0.3) is 17.7 Å². The summed E-state index contributed by atoms with van der Waals surface area (Å²) in [7, 11) is 0. The number of amides is 2. The average Bonchev–Trinajstić information content (AvgIpc) is 2.65. The molecule has 2 amide bonds. The second kappa shape index (κ2) is 9.45. The van der Waals surface area contributed by atoms with E-state index in [0.29, 0.717) is 11.1 Å². The Kier molecular flexibility index (Phi) is 7.02. The van der Waals surface area contributed by atoms with Gasteiger partial charge < -0.3 is 5.32 Å². The van der Waals surface area contributed by atoms with Gasteiger partial charge in [-0.05, 0) is 54.8 Å². The van der Waals surface area contributed by atoms with Gasteiger partial charge >= 0.3 is 0 Å². The van der Waals surface area contributed by atoms with Gasteiger partial charge in [-0.1, -0.05) is 36.4 Å². The van der Waals surface area contributed by atoms with Gasteiger partial charge in [0.1, 0.15) is 5.82 Å². The third kappa shape index (κ3) is 6.20. The molecule has 6 heteroatoms. The van der Waals surface area contributed by atoms with Crippen LogP contribution in [0.2, 0.25) is 0 Å². The van der Waals surface area contributed by atoms with E-state index in [1.54, 1.807) is 48.6 Å². The number of hydroxylamine groups is 1. The van der Waals surface area contributed by atoms with Gasteiger partial charge in [-0.15, -0.1) is 0 Å². The molecule has 0 spiro atoms. The molecule has 2 aromatic rings. The average molecular weight is 368 g/mol. The van der Waals surface area contributed by atoms with E-state index in [-0.39, 0.29) is 17.8 Å². The molecule has 140 valence electrons. The predicted molar refractivity (Wildman–Crippen MR) is 103 cm³/mol. The summed E-state index contributed by atoms with van der Waals surface area (Å²) in [6, 6.07) is 12.8. The zero-order chi connectivity index (χ0) is 19.8. The van der Waals surface area contributed by atoms with E-state index in [9.17, 15) is 14.0 Å². The molecule has 2 rings (SSSR count). The summed E-state index contributed by atoms with van der Waals surface area (Å²) < 4.78 is 13.2. The number of carbonyl (C=O) groups excluding carboxylic acids is 2. The SMILES string of the molecule is CC(C)NC(=O)/C(=C\c1ccc(/C=C/C(=O)NO)cc1)c1ccc(F)cc1. The van der Waals surface area contributed by atoms with Crippen LogP contribution in [0.5, 0.6) is 0 Å². The number of carbonyl (C=O) groups is 2. The van der Waals surface area contributed by atoms with Crippen LogP contribution in [-0.4, -0.2) is 23.1 Å². The van der Waals surface area contributed by atoms with Crippen LogP contribution in [0.4, 0.5) is 4.39 Å². The molecule has 0 saturated heterocycles. The third-order valence-corrected chi connectivity index (χ3v) is 3.60. The van der Waals surface area contributed by atoms with Gasteiger partial charge in [0.25, 0.3) is 11.8 Å². The molecule has 0 aliphatic heterocycles. The summed E-state index contributed by atoms with van der Waals surface area (Å²) in [5.74, 6) is -1.24. The van der Waals surface area contributed by atoms with Crippen LogP contribution in [-0.2, 0) is 9.59 Å². The highest BCUT2D eigenvalue weighted by Crippen LogP contribution is 2.20. The normalized spacial score (nSPS) is 11.7. The first kappa shape index (κ1) is 20.1. The largest absolute Gasteiger partial charge is 0.350 e. The lowest BCUT2D eigenvalue weighted by molar-refractivity contribution is -0.124. The van der Waals surface area contributed by atoms with Crippen molar-refractivity contribution in [2.24, 2.45) is 0 Å². The first-order valence-electron chi connectivity index (χ1n) is 8.39. The Hall–Kier alpha value is -3.25. The minimum atomic E-state index is -0.622. The van der Waals surface area contributed by atoms with E-state index in [1.807, 2.05) is 13.8 Å². The second-order valence-electron chi connectivity index (χ2n) is 6.17. The molecule has 0 atom stereocenters. The summed E-state index contributed by atoms with van der Waals surface area (Å²) >= 11 is 0. The second-order valence-corrected chi connectivity index (χ2v) is 6.17. The maximum Gasteiger partial charge on any atom is 0.267 e. The molecule has 5 nitrogen and oxygen atoms in total. The van der Waals surface area contributed by atoms with Crippen molar-refractivity contribution in [1.82, 2.24) is 10.8 Å². The monoisotopic (exact) mass is 368 g/mol. The Morgan fingerprint density at radius 3 is 2.15 bits per heavy atom. The van der Waals surface area contributed by atoms with Crippen LogP contribution in [0.3, 0.4) is 0 Å². The molecule has 0 fully saturated rings. The van der Waals surface area contributed by atoms with Gasteiger partial charge in [-0.3, -0.25) is 14.8 Å². The van der Waals surface area contributed by atoms with Crippen molar-refractivity contribution in [2.45, 2.75) is 19.9 Å². The summed E-state index contributed by atoms with van der Waals surface area (Å²) in [6.45, 7) is 3.73. The van der Waals surface area contributed by atoms with Gasteiger partial charge in [0, 0.05) is 17.7 Å². The standard InChI is InChI=1S/C21H21FN2O3/c1-14(2)23-21(26)19(17-8-10-18(22)11-9-17)13-16-5-3-15(4-6-16)7-12-20(25)24-27/h3-14,27H,1-2H3,(H,23,26)(H,24,25)/b12-7+,19-13-. The molecule has 0 unspecified atom stereocenters. The van der Waals surface area contributed by atoms with Crippen LogP contribution < -0.4 is 10.8 Å². The Bertz CT molecular complexity index is 854. The highest BCUT2D eigenvalue weighted by Gasteiger charge is 2.13. The van der Waals surface area contributed by atoms with Gasteiger partial charge in [-0.25, -0.2) is 9.87 Å². The highest BCUT2D eigenvalue weighted by atomic mass is 19.1. The summed E-state index contributed by atoms with van der Waals surface area (Å²) in [4.78, 5) is 23.6. The molecule has 3 N–H and O–H groups in total. The van der Waals surface area contributed by atoms with Crippen molar-refractivity contribution < 1.29 is 19.2 Å². The molecule has 0 aromatic heterocycles. The first-order chi connectivity index (χ1) is 12.9. The van der Waals surface area contributed by atoms with Crippen LogP contribution >= 0.6 is 0 Å². The van der Waals surface area contributed by atoms with Crippen molar-refractivity contribution in [3.63, 3.8) is 0 Å². The molecule has 0 radical (unpaired) electrons. The molecule has 0 bridgehead atoms. The van der Waals surface area contributed by atoms with Crippen LogP contribution in [0.1, 0.15) is 30.5 Å². The molecule has 0 saturated carbocycles. The van der Waals surface area contributed by atoms with E-state index in [1.165, 1.54) is 23.7 Å². The predicted octanol–water partition coefficient (Wildman–Crippen LogP) is 3.41. The molecular weight excluding hydrogens is 347 g/mol. The molecule has 0 heterocycles. The van der Waals surface area contributed by atoms with Crippen LogP contribution in [0.15, 0.2) is 54.6 Å². The van der Waals surface area contributed by atoms with Gasteiger partial charge in [-0.2, -0.15) is 0 Å². The third-order valence-electron chi connectivity index (χ3n) is 3.60. The highest BCUT2D eigenvalue weighted by molar-refractivity contribution is 6.24. The zero-order valence-corrected chi connectivity index (χ0v) is 15.1. The number of hydrogen-bond acceptors (Lipinski definition) is 3. The maximum atomic E-state index is 13.2. The fourth-order valence-corrected chi connectivity index (χ4v) is 2.33. The van der Waals surface area contributed by atoms with E-state index >= 15 is 0 Å². The number of halogens is 1. The van der Waals surface area contributed by atoms with Crippen molar-refractivity contribution >= 4 is 29.5 Å². The van der Waals surface area contributed by atoms with Crippen molar-refractivity contribution in [2.75, 3.05) is 0 Å².